The topological polar surface area (TPSA) is 0 Å². The van der Waals surface area contributed by atoms with Gasteiger partial charge in [0.1, 0.15) is 0 Å². The maximum absolute atomic E-state index is 2.44. The largest absolute Gasteiger partial charge is 0.0882 e. The Hall–Kier alpha value is -0.520. The molecule has 62 valence electrons. The highest BCUT2D eigenvalue weighted by atomic mass is 14.0. The Morgan fingerprint density at radius 2 is 2.00 bits per heavy atom. The van der Waals surface area contributed by atoms with Gasteiger partial charge in [0.05, 0.1) is 0 Å². The van der Waals surface area contributed by atoms with Gasteiger partial charge in [0.25, 0.3) is 0 Å². The molecule has 0 saturated carbocycles. The average molecular weight is 150 g/mol. The summed E-state index contributed by atoms with van der Waals surface area (Å²) in [6.07, 6.45) is 14.7. The molecule has 0 aromatic carbocycles. The van der Waals surface area contributed by atoms with Gasteiger partial charge in [0, 0.05) is 0 Å². The molecule has 0 amide bonds. The predicted octanol–water partition coefficient (Wildman–Crippen LogP) is 3.84. The fourth-order valence-electron chi connectivity index (χ4n) is 1.54. The van der Waals surface area contributed by atoms with E-state index in [1.54, 1.807) is 5.57 Å². The molecule has 0 N–H and O–H groups in total. The van der Waals surface area contributed by atoms with Gasteiger partial charge in [-0.2, -0.15) is 0 Å². The van der Waals surface area contributed by atoms with Gasteiger partial charge in [-0.15, -0.1) is 0 Å². The second kappa shape index (κ2) is 5.17. The standard InChI is InChI=1S/C11H18/c1-2-8-11-9-6-4-3-5-7-10-11/h3-4,10H,2,5-9H2,1H3. The maximum Gasteiger partial charge on any atom is -0.0286 e. The van der Waals surface area contributed by atoms with Crippen LogP contribution in [0.1, 0.15) is 45.4 Å². The van der Waals surface area contributed by atoms with Crippen LogP contribution in [0.2, 0.25) is 0 Å². The fraction of sp³-hybridized carbons (Fsp3) is 0.636. The molecule has 0 heterocycles. The van der Waals surface area contributed by atoms with E-state index in [-0.39, 0.29) is 0 Å². The molecule has 0 atom stereocenters. The van der Waals surface area contributed by atoms with E-state index in [1.165, 1.54) is 38.5 Å². The van der Waals surface area contributed by atoms with Crippen LogP contribution in [-0.2, 0) is 0 Å². The first-order valence-corrected chi connectivity index (χ1v) is 4.76. The lowest BCUT2D eigenvalue weighted by molar-refractivity contribution is 0.805. The van der Waals surface area contributed by atoms with Crippen LogP contribution in [-0.4, -0.2) is 0 Å². The van der Waals surface area contributed by atoms with Crippen molar-refractivity contribution in [2.75, 3.05) is 0 Å². The van der Waals surface area contributed by atoms with Gasteiger partial charge in [0.2, 0.25) is 0 Å². The molecule has 0 heteroatoms. The zero-order valence-corrected chi connectivity index (χ0v) is 7.47. The van der Waals surface area contributed by atoms with Crippen LogP contribution in [0.25, 0.3) is 0 Å². The van der Waals surface area contributed by atoms with Gasteiger partial charge in [0.15, 0.2) is 0 Å². The Labute approximate surface area is 70.0 Å². The molecule has 0 spiro atoms. The summed E-state index contributed by atoms with van der Waals surface area (Å²) in [7, 11) is 0. The molecular weight excluding hydrogens is 132 g/mol. The summed E-state index contributed by atoms with van der Waals surface area (Å²) in [5.41, 5.74) is 1.68. The predicted molar refractivity (Wildman–Crippen MR) is 50.6 cm³/mol. The second-order valence-electron chi connectivity index (χ2n) is 3.20. The lowest BCUT2D eigenvalue weighted by atomic mass is 10.0. The van der Waals surface area contributed by atoms with E-state index in [1.807, 2.05) is 0 Å². The lowest BCUT2D eigenvalue weighted by Crippen LogP contribution is -1.85. The van der Waals surface area contributed by atoms with Crippen molar-refractivity contribution >= 4 is 0 Å². The molecule has 0 nitrogen and oxygen atoms in total. The van der Waals surface area contributed by atoms with Crippen molar-refractivity contribution in [3.63, 3.8) is 0 Å². The summed E-state index contributed by atoms with van der Waals surface area (Å²) in [5.74, 6) is 0. The number of hydrogen-bond donors (Lipinski definition) is 0. The summed E-state index contributed by atoms with van der Waals surface area (Å²) in [5, 5.41) is 0. The van der Waals surface area contributed by atoms with Crippen molar-refractivity contribution in [3.8, 4) is 0 Å². The van der Waals surface area contributed by atoms with Gasteiger partial charge < -0.3 is 0 Å². The highest BCUT2D eigenvalue weighted by Gasteiger charge is 1.96. The first-order valence-electron chi connectivity index (χ1n) is 4.76. The molecule has 1 aliphatic carbocycles. The van der Waals surface area contributed by atoms with Crippen LogP contribution in [0, 0.1) is 0 Å². The molecule has 1 rings (SSSR count). The van der Waals surface area contributed by atoms with Gasteiger partial charge in [-0.05, 0) is 32.1 Å². The molecule has 0 fully saturated rings. The third-order valence-corrected chi connectivity index (χ3v) is 2.14. The summed E-state index contributed by atoms with van der Waals surface area (Å²) < 4.78 is 0. The van der Waals surface area contributed by atoms with Crippen LogP contribution in [0.4, 0.5) is 0 Å². The SMILES string of the molecule is CCCC1=CCCC=CCC1. The first kappa shape index (κ1) is 8.58. The molecule has 0 aromatic rings. The molecule has 1 aliphatic rings. The molecule has 0 bridgehead atoms. The first-order chi connectivity index (χ1) is 5.43. The van der Waals surface area contributed by atoms with Crippen LogP contribution in [0.5, 0.6) is 0 Å². The van der Waals surface area contributed by atoms with Crippen molar-refractivity contribution in [2.24, 2.45) is 0 Å². The molecule has 0 saturated heterocycles. The van der Waals surface area contributed by atoms with E-state index in [0.717, 1.165) is 0 Å². The van der Waals surface area contributed by atoms with Gasteiger partial charge in [-0.25, -0.2) is 0 Å². The van der Waals surface area contributed by atoms with Crippen LogP contribution < -0.4 is 0 Å². The third kappa shape index (κ3) is 3.41. The monoisotopic (exact) mass is 150 g/mol. The second-order valence-corrected chi connectivity index (χ2v) is 3.20. The summed E-state index contributed by atoms with van der Waals surface area (Å²) in [6.45, 7) is 2.26. The molecule has 0 aromatic heterocycles. The zero-order valence-electron chi connectivity index (χ0n) is 7.47. The highest BCUT2D eigenvalue weighted by Crippen LogP contribution is 2.16. The zero-order chi connectivity index (χ0) is 7.94. The molecular formula is C11H18. The maximum atomic E-state index is 2.44. The van der Waals surface area contributed by atoms with E-state index in [2.05, 4.69) is 25.2 Å². The fourth-order valence-corrected chi connectivity index (χ4v) is 1.54. The quantitative estimate of drug-likeness (QED) is 0.524. The number of hydrogen-bond acceptors (Lipinski definition) is 0. The van der Waals surface area contributed by atoms with Crippen LogP contribution in [0.3, 0.4) is 0 Å². The van der Waals surface area contributed by atoms with E-state index in [4.69, 9.17) is 0 Å². The molecule has 0 unspecified atom stereocenters. The highest BCUT2D eigenvalue weighted by molar-refractivity contribution is 5.06. The van der Waals surface area contributed by atoms with Gasteiger partial charge >= 0.3 is 0 Å². The lowest BCUT2D eigenvalue weighted by Gasteiger charge is -2.06. The molecule has 0 radical (unpaired) electrons. The Bertz CT molecular complexity index is 151. The van der Waals surface area contributed by atoms with Crippen LogP contribution >= 0.6 is 0 Å². The minimum absolute atomic E-state index is 1.24. The Balaban J connectivity index is 2.37. The van der Waals surface area contributed by atoms with Crippen molar-refractivity contribution in [1.82, 2.24) is 0 Å². The summed E-state index contributed by atoms with van der Waals surface area (Å²) in [6, 6.07) is 0. The molecule has 0 aliphatic heterocycles. The third-order valence-electron chi connectivity index (χ3n) is 2.14. The normalized spacial score (nSPS) is 18.8. The van der Waals surface area contributed by atoms with Crippen molar-refractivity contribution in [2.45, 2.75) is 45.4 Å². The van der Waals surface area contributed by atoms with E-state index >= 15 is 0 Å². The van der Waals surface area contributed by atoms with Crippen molar-refractivity contribution in [3.05, 3.63) is 23.8 Å². The van der Waals surface area contributed by atoms with Gasteiger partial charge in [-0.1, -0.05) is 37.1 Å². The summed E-state index contributed by atoms with van der Waals surface area (Å²) >= 11 is 0. The Kier molecular flexibility index (Phi) is 4.03. The van der Waals surface area contributed by atoms with Crippen molar-refractivity contribution < 1.29 is 0 Å². The van der Waals surface area contributed by atoms with Gasteiger partial charge in [-0.3, -0.25) is 0 Å². The minimum Gasteiger partial charge on any atom is -0.0882 e. The smallest absolute Gasteiger partial charge is 0.0286 e. The Morgan fingerprint density at radius 1 is 1.18 bits per heavy atom. The summed E-state index contributed by atoms with van der Waals surface area (Å²) in [4.78, 5) is 0. The van der Waals surface area contributed by atoms with E-state index < -0.39 is 0 Å². The van der Waals surface area contributed by atoms with Crippen LogP contribution in [0.15, 0.2) is 23.8 Å². The van der Waals surface area contributed by atoms with E-state index in [9.17, 15) is 0 Å². The minimum atomic E-state index is 1.24. The Morgan fingerprint density at radius 3 is 2.82 bits per heavy atom. The molecule has 11 heavy (non-hydrogen) atoms. The number of allylic oxidation sites excluding steroid dienone is 4. The van der Waals surface area contributed by atoms with Crippen molar-refractivity contribution in [1.29, 1.82) is 0 Å². The number of rotatable bonds is 2. The average Bonchev–Trinajstić information content (AvgIpc) is 1.94. The van der Waals surface area contributed by atoms with E-state index in [0.29, 0.717) is 0 Å².